The van der Waals surface area contributed by atoms with E-state index in [0.29, 0.717) is 11.5 Å². The second kappa shape index (κ2) is 7.54. The van der Waals surface area contributed by atoms with E-state index in [2.05, 4.69) is 5.32 Å². The molecule has 2 aromatic heterocycles. The highest BCUT2D eigenvalue weighted by molar-refractivity contribution is 5.94. The Morgan fingerprint density at radius 2 is 1.74 bits per heavy atom. The molecule has 31 heavy (non-hydrogen) atoms. The van der Waals surface area contributed by atoms with Crippen molar-refractivity contribution in [1.82, 2.24) is 14.3 Å². The third kappa shape index (κ3) is 3.54. The number of rotatable bonds is 5. The third-order valence-corrected chi connectivity index (χ3v) is 5.71. The van der Waals surface area contributed by atoms with E-state index < -0.39 is 0 Å². The van der Waals surface area contributed by atoms with Crippen molar-refractivity contribution < 1.29 is 9.18 Å². The SMILES string of the molecule is Cc1cc(-c2cc(NC(=O)C3CC3)n(-c3ccccc3)n2)c(C)n1-c1ccccc1F. The molecule has 0 spiro atoms. The molecule has 1 N–H and O–H groups in total. The normalized spacial score (nSPS) is 13.4. The minimum atomic E-state index is -0.275. The van der Waals surface area contributed by atoms with Crippen LogP contribution in [0.3, 0.4) is 0 Å². The predicted octanol–water partition coefficient (Wildman–Crippen LogP) is 5.43. The molecule has 0 unspecified atom stereocenters. The first-order valence-electron chi connectivity index (χ1n) is 10.4. The van der Waals surface area contributed by atoms with E-state index in [1.807, 2.05) is 66.9 Å². The fourth-order valence-corrected chi connectivity index (χ4v) is 3.97. The molecule has 0 saturated heterocycles. The number of anilines is 1. The minimum absolute atomic E-state index is 0.0282. The zero-order valence-corrected chi connectivity index (χ0v) is 17.5. The number of aromatic nitrogens is 3. The van der Waals surface area contributed by atoms with Crippen LogP contribution in [0.25, 0.3) is 22.6 Å². The summed E-state index contributed by atoms with van der Waals surface area (Å²) in [4.78, 5) is 12.5. The zero-order valence-electron chi connectivity index (χ0n) is 17.5. The monoisotopic (exact) mass is 414 g/mol. The standard InChI is InChI=1S/C25H23FN4O/c1-16-14-20(17(2)29(16)23-11-7-6-10-21(23)26)22-15-24(27-25(31)18-12-13-18)30(28-22)19-8-4-3-5-9-19/h3-11,14-15,18H,12-13H2,1-2H3,(H,27,31). The van der Waals surface area contributed by atoms with Crippen molar-refractivity contribution in [1.29, 1.82) is 0 Å². The Labute approximate surface area is 180 Å². The van der Waals surface area contributed by atoms with E-state index >= 15 is 0 Å². The van der Waals surface area contributed by atoms with Crippen LogP contribution in [0.5, 0.6) is 0 Å². The van der Waals surface area contributed by atoms with Gasteiger partial charge >= 0.3 is 0 Å². The number of aryl methyl sites for hydroxylation is 1. The van der Waals surface area contributed by atoms with Crippen LogP contribution >= 0.6 is 0 Å². The maximum absolute atomic E-state index is 14.5. The molecule has 2 heterocycles. The summed E-state index contributed by atoms with van der Waals surface area (Å²) in [6, 6.07) is 20.4. The highest BCUT2D eigenvalue weighted by Crippen LogP contribution is 2.34. The molecule has 0 radical (unpaired) electrons. The number of hydrogen-bond acceptors (Lipinski definition) is 2. The Morgan fingerprint density at radius 3 is 2.45 bits per heavy atom. The van der Waals surface area contributed by atoms with Crippen molar-refractivity contribution in [2.24, 2.45) is 5.92 Å². The van der Waals surface area contributed by atoms with Crippen LogP contribution in [0.1, 0.15) is 24.2 Å². The molecule has 156 valence electrons. The molecule has 1 saturated carbocycles. The molecule has 1 aliphatic rings. The topological polar surface area (TPSA) is 51.9 Å². The molecule has 5 rings (SSSR count). The highest BCUT2D eigenvalue weighted by Gasteiger charge is 2.30. The van der Waals surface area contributed by atoms with Gasteiger partial charge in [-0.15, -0.1) is 0 Å². The fraction of sp³-hybridized carbons (Fsp3) is 0.200. The number of nitrogens with one attached hydrogen (secondary N) is 1. The van der Waals surface area contributed by atoms with E-state index in [1.54, 1.807) is 16.8 Å². The first kappa shape index (κ1) is 19.3. The van der Waals surface area contributed by atoms with Crippen molar-refractivity contribution >= 4 is 11.7 Å². The molecule has 1 fully saturated rings. The zero-order chi connectivity index (χ0) is 21.5. The van der Waals surface area contributed by atoms with Gasteiger partial charge in [-0.2, -0.15) is 5.10 Å². The molecule has 4 aromatic rings. The fourth-order valence-electron chi connectivity index (χ4n) is 3.97. The summed E-state index contributed by atoms with van der Waals surface area (Å²) in [5.74, 6) is 0.478. The first-order chi connectivity index (χ1) is 15.0. The minimum Gasteiger partial charge on any atom is -0.315 e. The molecular weight excluding hydrogens is 391 g/mol. The van der Waals surface area contributed by atoms with Gasteiger partial charge in [-0.05, 0) is 57.0 Å². The molecule has 1 aliphatic carbocycles. The number of benzene rings is 2. The summed E-state index contributed by atoms with van der Waals surface area (Å²) in [5, 5.41) is 7.85. The molecule has 0 bridgehead atoms. The van der Waals surface area contributed by atoms with Crippen LogP contribution in [0.15, 0.2) is 66.7 Å². The van der Waals surface area contributed by atoms with Crippen molar-refractivity contribution in [3.8, 4) is 22.6 Å². The van der Waals surface area contributed by atoms with E-state index in [4.69, 9.17) is 5.10 Å². The third-order valence-electron chi connectivity index (χ3n) is 5.71. The first-order valence-corrected chi connectivity index (χ1v) is 10.4. The van der Waals surface area contributed by atoms with Crippen LogP contribution in [0.4, 0.5) is 10.2 Å². The van der Waals surface area contributed by atoms with Gasteiger partial charge in [-0.25, -0.2) is 9.07 Å². The van der Waals surface area contributed by atoms with Gasteiger partial charge in [-0.1, -0.05) is 30.3 Å². The Kier molecular flexibility index (Phi) is 4.70. The van der Waals surface area contributed by atoms with E-state index in [1.165, 1.54) is 6.07 Å². The molecular formula is C25H23FN4O. The second-order valence-electron chi connectivity index (χ2n) is 8.00. The van der Waals surface area contributed by atoms with E-state index in [0.717, 1.165) is 41.2 Å². The maximum Gasteiger partial charge on any atom is 0.228 e. The second-order valence-corrected chi connectivity index (χ2v) is 8.00. The Morgan fingerprint density at radius 1 is 1.03 bits per heavy atom. The predicted molar refractivity (Wildman–Crippen MR) is 119 cm³/mol. The maximum atomic E-state index is 14.5. The largest absolute Gasteiger partial charge is 0.315 e. The molecule has 0 aliphatic heterocycles. The smallest absolute Gasteiger partial charge is 0.228 e. The van der Waals surface area contributed by atoms with Crippen molar-refractivity contribution in [3.63, 3.8) is 0 Å². The summed E-state index contributed by atoms with van der Waals surface area (Å²) in [6.07, 6.45) is 1.86. The molecule has 0 atom stereocenters. The number of carbonyl (C=O) groups is 1. The van der Waals surface area contributed by atoms with Gasteiger partial charge in [0.25, 0.3) is 0 Å². The van der Waals surface area contributed by atoms with Gasteiger partial charge in [0.15, 0.2) is 0 Å². The van der Waals surface area contributed by atoms with Crippen LogP contribution in [0.2, 0.25) is 0 Å². The van der Waals surface area contributed by atoms with E-state index in [9.17, 15) is 9.18 Å². The molecule has 1 amide bonds. The Hall–Kier alpha value is -3.67. The summed E-state index contributed by atoms with van der Waals surface area (Å²) in [7, 11) is 0. The molecule has 2 aromatic carbocycles. The molecule has 5 nitrogen and oxygen atoms in total. The summed E-state index contributed by atoms with van der Waals surface area (Å²) in [6.45, 7) is 3.91. The number of amides is 1. The lowest BCUT2D eigenvalue weighted by atomic mass is 10.2. The Bertz CT molecular complexity index is 1270. The average molecular weight is 414 g/mol. The van der Waals surface area contributed by atoms with Crippen molar-refractivity contribution in [2.75, 3.05) is 5.32 Å². The summed E-state index contributed by atoms with van der Waals surface area (Å²) in [5.41, 5.74) is 4.80. The van der Waals surface area contributed by atoms with Gasteiger partial charge in [-0.3, -0.25) is 4.79 Å². The van der Waals surface area contributed by atoms with Gasteiger partial charge in [0, 0.05) is 28.9 Å². The quantitative estimate of drug-likeness (QED) is 0.473. The van der Waals surface area contributed by atoms with Crippen LogP contribution < -0.4 is 5.32 Å². The lowest BCUT2D eigenvalue weighted by Gasteiger charge is -2.10. The molecule has 6 heteroatoms. The highest BCUT2D eigenvalue weighted by atomic mass is 19.1. The average Bonchev–Trinajstić information content (AvgIpc) is 3.48. The number of nitrogens with zero attached hydrogens (tertiary/aromatic N) is 3. The Balaban J connectivity index is 1.61. The number of halogens is 1. The lowest BCUT2D eigenvalue weighted by molar-refractivity contribution is -0.117. The van der Waals surface area contributed by atoms with Gasteiger partial charge in [0.1, 0.15) is 11.6 Å². The number of hydrogen-bond donors (Lipinski definition) is 1. The summed E-state index contributed by atoms with van der Waals surface area (Å²) < 4.78 is 18.1. The van der Waals surface area contributed by atoms with Crippen molar-refractivity contribution in [3.05, 3.63) is 83.9 Å². The van der Waals surface area contributed by atoms with Gasteiger partial charge < -0.3 is 9.88 Å². The number of carbonyl (C=O) groups excluding carboxylic acids is 1. The van der Waals surface area contributed by atoms with Crippen LogP contribution in [-0.4, -0.2) is 20.3 Å². The van der Waals surface area contributed by atoms with Crippen LogP contribution in [-0.2, 0) is 4.79 Å². The van der Waals surface area contributed by atoms with Crippen LogP contribution in [0, 0.1) is 25.6 Å². The van der Waals surface area contributed by atoms with Gasteiger partial charge in [0.05, 0.1) is 17.1 Å². The number of para-hydroxylation sites is 2. The lowest BCUT2D eigenvalue weighted by Crippen LogP contribution is -2.16. The van der Waals surface area contributed by atoms with E-state index in [-0.39, 0.29) is 17.6 Å². The summed E-state index contributed by atoms with van der Waals surface area (Å²) >= 11 is 0. The van der Waals surface area contributed by atoms with Crippen molar-refractivity contribution in [2.45, 2.75) is 26.7 Å². The van der Waals surface area contributed by atoms with Gasteiger partial charge in [0.2, 0.25) is 5.91 Å².